The van der Waals surface area contributed by atoms with Gasteiger partial charge in [-0.05, 0) is 54.8 Å². The molecule has 13 heteroatoms. The van der Waals surface area contributed by atoms with Crippen LogP contribution < -0.4 is 15.0 Å². The SMILES string of the molecule is CCc1c2c(nc3ccc(OCOC)cc13)-c1cc3c(c(=O)n1C2)COC(=O)[C@@]3(CC)OC(=O)Oc1ccc([N+](=O)[O-])cc1. The van der Waals surface area contributed by atoms with Crippen molar-refractivity contribution in [3.05, 3.63) is 91.3 Å². The fraction of sp³-hybridized carbons (Fsp3) is 0.290. The zero-order chi connectivity index (χ0) is 31.2. The van der Waals surface area contributed by atoms with Gasteiger partial charge in [0.25, 0.3) is 11.2 Å². The minimum absolute atomic E-state index is 0.0295. The van der Waals surface area contributed by atoms with E-state index in [1.165, 1.54) is 24.3 Å². The summed E-state index contributed by atoms with van der Waals surface area (Å²) in [5, 5.41) is 11.8. The summed E-state index contributed by atoms with van der Waals surface area (Å²) < 4.78 is 28.5. The Hall–Kier alpha value is -5.30. The molecule has 226 valence electrons. The molecule has 0 amide bonds. The number of methoxy groups -OCH3 is 1. The molecular formula is C31H27N3O10. The van der Waals surface area contributed by atoms with Crippen molar-refractivity contribution in [3.63, 3.8) is 0 Å². The lowest BCUT2D eigenvalue weighted by atomic mass is 9.85. The number of aryl methyl sites for hydroxylation is 1. The number of ether oxygens (including phenoxy) is 5. The number of hydrogen-bond acceptors (Lipinski definition) is 11. The van der Waals surface area contributed by atoms with Crippen LogP contribution in [-0.2, 0) is 44.2 Å². The predicted octanol–water partition coefficient (Wildman–Crippen LogP) is 4.76. The van der Waals surface area contributed by atoms with Gasteiger partial charge < -0.3 is 28.3 Å². The molecule has 2 aliphatic rings. The molecule has 0 bridgehead atoms. The predicted molar refractivity (Wildman–Crippen MR) is 154 cm³/mol. The fourth-order valence-electron chi connectivity index (χ4n) is 5.81. The van der Waals surface area contributed by atoms with Gasteiger partial charge in [-0.1, -0.05) is 13.8 Å². The molecule has 0 saturated carbocycles. The summed E-state index contributed by atoms with van der Waals surface area (Å²) >= 11 is 0. The van der Waals surface area contributed by atoms with Gasteiger partial charge in [-0.3, -0.25) is 14.9 Å². The van der Waals surface area contributed by atoms with Crippen molar-refractivity contribution < 1.29 is 38.2 Å². The van der Waals surface area contributed by atoms with E-state index in [-0.39, 0.29) is 54.5 Å². The van der Waals surface area contributed by atoms with Crippen LogP contribution in [0.1, 0.15) is 42.5 Å². The van der Waals surface area contributed by atoms with E-state index in [0.29, 0.717) is 29.1 Å². The third kappa shape index (κ3) is 4.61. The zero-order valence-electron chi connectivity index (χ0n) is 24.1. The smallest absolute Gasteiger partial charge is 0.468 e. The molecule has 0 aliphatic carbocycles. The van der Waals surface area contributed by atoms with Gasteiger partial charge in [0, 0.05) is 35.8 Å². The maximum Gasteiger partial charge on any atom is 0.515 e. The first-order valence-electron chi connectivity index (χ1n) is 13.9. The van der Waals surface area contributed by atoms with E-state index < -0.39 is 22.6 Å². The van der Waals surface area contributed by atoms with Gasteiger partial charge in [0.2, 0.25) is 5.60 Å². The van der Waals surface area contributed by atoms with Gasteiger partial charge in [0.05, 0.1) is 33.9 Å². The van der Waals surface area contributed by atoms with Crippen molar-refractivity contribution in [2.75, 3.05) is 13.9 Å². The number of cyclic esters (lactones) is 1. The lowest BCUT2D eigenvalue weighted by Gasteiger charge is -2.35. The van der Waals surface area contributed by atoms with Crippen LogP contribution in [0.2, 0.25) is 0 Å². The average molecular weight is 602 g/mol. The number of nitrogens with zero attached hydrogens (tertiary/aromatic N) is 3. The molecule has 2 aromatic heterocycles. The van der Waals surface area contributed by atoms with Crippen molar-refractivity contribution in [2.24, 2.45) is 0 Å². The van der Waals surface area contributed by atoms with Gasteiger partial charge >= 0.3 is 12.1 Å². The highest BCUT2D eigenvalue weighted by Crippen LogP contribution is 2.42. The number of carbonyl (C=O) groups excluding carboxylic acids is 2. The summed E-state index contributed by atoms with van der Waals surface area (Å²) in [6.07, 6.45) is -0.634. The number of benzene rings is 2. The van der Waals surface area contributed by atoms with Crippen LogP contribution in [-0.4, -0.2) is 40.5 Å². The van der Waals surface area contributed by atoms with Gasteiger partial charge in [-0.15, -0.1) is 0 Å². The van der Waals surface area contributed by atoms with Crippen molar-refractivity contribution in [1.29, 1.82) is 0 Å². The number of pyridine rings is 2. The highest BCUT2D eigenvalue weighted by molar-refractivity contribution is 5.90. The van der Waals surface area contributed by atoms with Crippen LogP contribution >= 0.6 is 0 Å². The standard InChI is InChI=1S/C31H27N3O10/c1-4-20-21-12-19(42-16-40-3)10-11-25(21)32-27-22(20)14-33-26(27)13-24-23(28(33)35)15-41-29(36)31(24,5-2)44-30(37)43-18-8-6-17(7-9-18)34(38)39/h6-13H,4-5,14-16H2,1-3H3/t31-/m0/s1. The topological polar surface area (TPSA) is 158 Å². The van der Waals surface area contributed by atoms with E-state index in [2.05, 4.69) is 0 Å². The molecule has 4 heterocycles. The molecule has 2 aliphatic heterocycles. The first-order chi connectivity index (χ1) is 21.2. The maximum absolute atomic E-state index is 13.9. The zero-order valence-corrected chi connectivity index (χ0v) is 24.1. The number of carbonyl (C=O) groups is 2. The average Bonchev–Trinajstić information content (AvgIpc) is 3.39. The summed E-state index contributed by atoms with van der Waals surface area (Å²) in [5.74, 6) is -0.252. The molecule has 6 rings (SSSR count). The molecule has 4 aromatic rings. The summed E-state index contributed by atoms with van der Waals surface area (Å²) in [4.78, 5) is 55.4. The van der Waals surface area contributed by atoms with Crippen LogP contribution in [0.5, 0.6) is 11.5 Å². The van der Waals surface area contributed by atoms with Gasteiger partial charge in [-0.2, -0.15) is 0 Å². The molecule has 2 aromatic carbocycles. The Kier molecular flexibility index (Phi) is 7.25. The van der Waals surface area contributed by atoms with Crippen LogP contribution in [0, 0.1) is 10.1 Å². The summed E-state index contributed by atoms with van der Waals surface area (Å²) in [7, 11) is 1.54. The Morgan fingerprint density at radius 2 is 1.84 bits per heavy atom. The Labute approximate surface area is 250 Å². The quantitative estimate of drug-likeness (QED) is 0.0794. The number of nitro groups is 1. The second kappa shape index (κ2) is 11.1. The van der Waals surface area contributed by atoms with Gasteiger partial charge in [0.15, 0.2) is 6.79 Å². The highest BCUT2D eigenvalue weighted by atomic mass is 16.7. The van der Waals surface area contributed by atoms with Crippen molar-refractivity contribution in [2.45, 2.75) is 45.4 Å². The van der Waals surface area contributed by atoms with E-state index in [0.717, 1.165) is 16.5 Å². The van der Waals surface area contributed by atoms with Crippen molar-refractivity contribution in [1.82, 2.24) is 9.55 Å². The second-order valence-corrected chi connectivity index (χ2v) is 10.3. The monoisotopic (exact) mass is 601 g/mol. The van der Waals surface area contributed by atoms with Crippen LogP contribution in [0.4, 0.5) is 10.5 Å². The minimum Gasteiger partial charge on any atom is -0.468 e. The molecular weight excluding hydrogens is 574 g/mol. The van der Waals surface area contributed by atoms with Crippen LogP contribution in [0.25, 0.3) is 22.3 Å². The number of esters is 1. The molecule has 13 nitrogen and oxygen atoms in total. The molecule has 0 spiro atoms. The molecule has 0 fully saturated rings. The fourth-order valence-corrected chi connectivity index (χ4v) is 5.81. The van der Waals surface area contributed by atoms with Gasteiger partial charge in [-0.25, -0.2) is 14.6 Å². The normalized spacial score (nSPS) is 16.5. The van der Waals surface area contributed by atoms with Crippen molar-refractivity contribution >= 4 is 28.7 Å². The summed E-state index contributed by atoms with van der Waals surface area (Å²) in [5.41, 5.74) is 1.49. The molecule has 44 heavy (non-hydrogen) atoms. The van der Waals surface area contributed by atoms with E-state index >= 15 is 0 Å². The number of aromatic nitrogens is 2. The van der Waals surface area contributed by atoms with E-state index in [9.17, 15) is 24.5 Å². The number of fused-ring (bicyclic) bond motifs is 5. The number of rotatable bonds is 8. The molecule has 0 radical (unpaired) electrons. The largest absolute Gasteiger partial charge is 0.515 e. The Morgan fingerprint density at radius 1 is 1.09 bits per heavy atom. The maximum atomic E-state index is 13.9. The molecule has 0 saturated heterocycles. The first kappa shape index (κ1) is 28.8. The first-order valence-corrected chi connectivity index (χ1v) is 13.9. The Bertz CT molecular complexity index is 1900. The van der Waals surface area contributed by atoms with Crippen molar-refractivity contribution in [3.8, 4) is 22.9 Å². The van der Waals surface area contributed by atoms with Crippen LogP contribution in [0.15, 0.2) is 53.3 Å². The van der Waals surface area contributed by atoms with E-state index in [1.54, 1.807) is 30.7 Å². The lowest BCUT2D eigenvalue weighted by Crippen LogP contribution is -2.47. The molecule has 0 N–H and O–H groups in total. The summed E-state index contributed by atoms with van der Waals surface area (Å²) in [6, 6.07) is 12.0. The van der Waals surface area contributed by atoms with Gasteiger partial charge in [0.1, 0.15) is 18.1 Å². The van der Waals surface area contributed by atoms with E-state index in [4.69, 9.17) is 28.7 Å². The lowest BCUT2D eigenvalue weighted by molar-refractivity contribution is -0.384. The van der Waals surface area contributed by atoms with E-state index in [1.807, 2.05) is 19.1 Å². The number of nitro benzene ring substituents is 1. The Morgan fingerprint density at radius 3 is 2.52 bits per heavy atom. The Balaban J connectivity index is 1.42. The number of non-ortho nitro benzene ring substituents is 1. The number of hydrogen-bond donors (Lipinski definition) is 0. The highest BCUT2D eigenvalue weighted by Gasteiger charge is 2.51. The molecule has 0 unspecified atom stereocenters. The second-order valence-electron chi connectivity index (χ2n) is 10.3. The molecule has 1 atom stereocenters. The third-order valence-corrected chi connectivity index (χ3v) is 7.95. The van der Waals surface area contributed by atoms with Crippen LogP contribution in [0.3, 0.4) is 0 Å². The third-order valence-electron chi connectivity index (χ3n) is 7.95. The summed E-state index contributed by atoms with van der Waals surface area (Å²) in [6.45, 7) is 3.72. The minimum atomic E-state index is -1.97.